The van der Waals surface area contributed by atoms with Crippen molar-refractivity contribution in [2.75, 3.05) is 11.9 Å². The van der Waals surface area contributed by atoms with E-state index in [2.05, 4.69) is 17.2 Å². The minimum Gasteiger partial charge on any atom is -0.494 e. The zero-order valence-corrected chi connectivity index (χ0v) is 20.0. The first-order chi connectivity index (χ1) is 15.9. The Morgan fingerprint density at radius 1 is 1.18 bits per heavy atom. The Balaban J connectivity index is 1.69. The molecule has 1 amide bonds. The summed E-state index contributed by atoms with van der Waals surface area (Å²) in [7, 11) is 0. The number of anilines is 1. The molecule has 0 aliphatic carbocycles. The molecule has 170 valence electrons. The fraction of sp³-hybridized carbons (Fsp3) is 0.269. The van der Waals surface area contributed by atoms with E-state index >= 15 is 0 Å². The number of nitrogens with zero attached hydrogens (tertiary/aromatic N) is 2. The summed E-state index contributed by atoms with van der Waals surface area (Å²) in [6.07, 6.45) is 2.27. The lowest BCUT2D eigenvalue weighted by Gasteiger charge is -2.18. The highest BCUT2D eigenvalue weighted by molar-refractivity contribution is 7.17. The highest BCUT2D eigenvalue weighted by Gasteiger charge is 2.21. The Hall–Kier alpha value is -3.45. The fourth-order valence-electron chi connectivity index (χ4n) is 3.89. The third-order valence-electron chi connectivity index (χ3n) is 5.78. The molecule has 0 spiro atoms. The molecule has 4 rings (SSSR count). The van der Waals surface area contributed by atoms with Gasteiger partial charge in [-0.25, -0.2) is 4.98 Å². The van der Waals surface area contributed by atoms with Crippen LogP contribution in [0.25, 0.3) is 21.3 Å². The third kappa shape index (κ3) is 4.41. The topological polar surface area (TPSA) is 73.2 Å². The molecule has 1 atom stereocenters. The van der Waals surface area contributed by atoms with Gasteiger partial charge in [-0.2, -0.15) is 0 Å². The third-order valence-corrected chi connectivity index (χ3v) is 6.67. The zero-order chi connectivity index (χ0) is 23.5. The standard InChI is InChI=1S/C26H27N3O3S/c1-5-18-9-7-8-16(3)23(18)28-24(30)17(4)29-15-27-25-22(26(29)31)21(14-33-25)19-10-12-20(13-11-19)32-6-2/h7-15,17H,5-6H2,1-4H3,(H,28,30). The monoisotopic (exact) mass is 461 g/mol. The molecule has 0 saturated heterocycles. The van der Waals surface area contributed by atoms with Gasteiger partial charge >= 0.3 is 0 Å². The van der Waals surface area contributed by atoms with E-state index in [1.807, 2.05) is 61.7 Å². The van der Waals surface area contributed by atoms with Crippen LogP contribution in [0.3, 0.4) is 0 Å². The molecule has 6 nitrogen and oxygen atoms in total. The zero-order valence-electron chi connectivity index (χ0n) is 19.2. The van der Waals surface area contributed by atoms with Crippen LogP contribution in [0.4, 0.5) is 5.69 Å². The van der Waals surface area contributed by atoms with E-state index in [9.17, 15) is 9.59 Å². The number of para-hydroxylation sites is 1. The first-order valence-corrected chi connectivity index (χ1v) is 11.9. The number of ether oxygens (including phenoxy) is 1. The molecule has 0 fully saturated rings. The highest BCUT2D eigenvalue weighted by atomic mass is 32.1. The van der Waals surface area contributed by atoms with Crippen LogP contribution >= 0.6 is 11.3 Å². The van der Waals surface area contributed by atoms with Crippen LogP contribution in [-0.2, 0) is 11.2 Å². The van der Waals surface area contributed by atoms with Gasteiger partial charge < -0.3 is 10.1 Å². The number of fused-ring (bicyclic) bond motifs is 1. The van der Waals surface area contributed by atoms with Gasteiger partial charge in [0.25, 0.3) is 5.56 Å². The number of hydrogen-bond donors (Lipinski definition) is 1. The maximum Gasteiger partial charge on any atom is 0.263 e. The van der Waals surface area contributed by atoms with Crippen molar-refractivity contribution >= 4 is 33.1 Å². The van der Waals surface area contributed by atoms with Gasteiger partial charge in [-0.05, 0) is 56.0 Å². The molecule has 0 aliphatic heterocycles. The second-order valence-electron chi connectivity index (χ2n) is 7.87. The minimum atomic E-state index is -0.716. The lowest BCUT2D eigenvalue weighted by atomic mass is 10.1. The average molecular weight is 462 g/mol. The molecule has 0 saturated carbocycles. The SMILES string of the molecule is CCOc1ccc(-c2csc3ncn(C(C)C(=O)Nc4c(C)cccc4CC)c(=O)c23)cc1. The second kappa shape index (κ2) is 9.58. The summed E-state index contributed by atoms with van der Waals surface area (Å²) in [5.74, 6) is 0.532. The highest BCUT2D eigenvalue weighted by Crippen LogP contribution is 2.32. The first-order valence-electron chi connectivity index (χ1n) is 11.1. The first kappa shape index (κ1) is 22.7. The van der Waals surface area contributed by atoms with E-state index in [1.165, 1.54) is 22.2 Å². The van der Waals surface area contributed by atoms with E-state index in [4.69, 9.17) is 4.74 Å². The Morgan fingerprint density at radius 3 is 2.64 bits per heavy atom. The number of benzene rings is 2. The number of aromatic nitrogens is 2. The minimum absolute atomic E-state index is 0.228. The molecule has 2 aromatic heterocycles. The summed E-state index contributed by atoms with van der Waals surface area (Å²) < 4.78 is 6.93. The quantitative estimate of drug-likeness (QED) is 0.389. The van der Waals surface area contributed by atoms with Crippen LogP contribution in [0.5, 0.6) is 5.75 Å². The van der Waals surface area contributed by atoms with Gasteiger partial charge in [0.05, 0.1) is 18.3 Å². The molecule has 1 N–H and O–H groups in total. The molecule has 0 aliphatic rings. The maximum atomic E-state index is 13.5. The summed E-state index contributed by atoms with van der Waals surface area (Å²) in [4.78, 5) is 31.7. The van der Waals surface area contributed by atoms with E-state index in [1.54, 1.807) is 6.92 Å². The normalized spacial score (nSPS) is 12.0. The predicted octanol–water partition coefficient (Wildman–Crippen LogP) is 5.59. The molecular formula is C26H27N3O3S. The van der Waals surface area contributed by atoms with E-state index in [0.29, 0.717) is 16.8 Å². The van der Waals surface area contributed by atoms with Gasteiger partial charge in [0.1, 0.15) is 16.6 Å². The van der Waals surface area contributed by atoms with Gasteiger partial charge in [-0.3, -0.25) is 14.2 Å². The van der Waals surface area contributed by atoms with Gasteiger partial charge in [0.2, 0.25) is 5.91 Å². The predicted molar refractivity (Wildman–Crippen MR) is 134 cm³/mol. The largest absolute Gasteiger partial charge is 0.494 e. The fourth-order valence-corrected chi connectivity index (χ4v) is 4.79. The molecule has 2 aromatic carbocycles. The molecular weight excluding hydrogens is 434 g/mol. The van der Waals surface area contributed by atoms with E-state index in [-0.39, 0.29) is 11.5 Å². The molecule has 0 radical (unpaired) electrons. The van der Waals surface area contributed by atoms with Crippen molar-refractivity contribution in [3.8, 4) is 16.9 Å². The van der Waals surface area contributed by atoms with Crippen LogP contribution in [0, 0.1) is 6.92 Å². The smallest absolute Gasteiger partial charge is 0.263 e. The molecule has 7 heteroatoms. The Morgan fingerprint density at radius 2 is 1.94 bits per heavy atom. The van der Waals surface area contributed by atoms with Crippen molar-refractivity contribution in [2.45, 2.75) is 40.2 Å². The number of thiophene rings is 1. The van der Waals surface area contributed by atoms with Crippen LogP contribution < -0.4 is 15.6 Å². The average Bonchev–Trinajstić information content (AvgIpc) is 3.26. The molecule has 2 heterocycles. The summed E-state index contributed by atoms with van der Waals surface area (Å²) in [6.45, 7) is 8.27. The second-order valence-corrected chi connectivity index (χ2v) is 8.73. The van der Waals surface area contributed by atoms with Crippen LogP contribution in [-0.4, -0.2) is 22.1 Å². The number of rotatable bonds is 7. The number of carbonyl (C=O) groups excluding carboxylic acids is 1. The van der Waals surface area contributed by atoms with Gasteiger partial charge in [0.15, 0.2) is 0 Å². The number of nitrogens with one attached hydrogen (secondary N) is 1. The van der Waals surface area contributed by atoms with Crippen molar-refractivity contribution in [1.29, 1.82) is 0 Å². The van der Waals surface area contributed by atoms with Crippen molar-refractivity contribution in [1.82, 2.24) is 9.55 Å². The lowest BCUT2D eigenvalue weighted by Crippen LogP contribution is -2.32. The van der Waals surface area contributed by atoms with E-state index < -0.39 is 6.04 Å². The summed E-state index contributed by atoms with van der Waals surface area (Å²) in [5, 5.41) is 5.48. The van der Waals surface area contributed by atoms with Crippen LogP contribution in [0.15, 0.2) is 59.0 Å². The Bertz CT molecular complexity index is 1360. The van der Waals surface area contributed by atoms with Crippen molar-refractivity contribution in [3.63, 3.8) is 0 Å². The summed E-state index contributed by atoms with van der Waals surface area (Å²) in [6, 6.07) is 12.9. The molecule has 0 bridgehead atoms. The van der Waals surface area contributed by atoms with E-state index in [0.717, 1.165) is 40.1 Å². The number of aryl methyl sites for hydroxylation is 2. The number of amides is 1. The Kier molecular flexibility index (Phi) is 6.60. The van der Waals surface area contributed by atoms with Crippen molar-refractivity contribution in [3.05, 3.63) is 75.7 Å². The van der Waals surface area contributed by atoms with Crippen LogP contribution in [0.2, 0.25) is 0 Å². The van der Waals surface area contributed by atoms with Crippen molar-refractivity contribution in [2.24, 2.45) is 0 Å². The molecule has 4 aromatic rings. The van der Waals surface area contributed by atoms with Crippen LogP contribution in [0.1, 0.15) is 37.9 Å². The molecule has 1 unspecified atom stereocenters. The maximum absolute atomic E-state index is 13.5. The lowest BCUT2D eigenvalue weighted by molar-refractivity contribution is -0.118. The number of hydrogen-bond acceptors (Lipinski definition) is 5. The van der Waals surface area contributed by atoms with Crippen molar-refractivity contribution < 1.29 is 9.53 Å². The summed E-state index contributed by atoms with van der Waals surface area (Å²) in [5.41, 5.74) is 4.35. The molecule has 33 heavy (non-hydrogen) atoms. The summed E-state index contributed by atoms with van der Waals surface area (Å²) >= 11 is 1.42. The van der Waals surface area contributed by atoms with Gasteiger partial charge in [-0.15, -0.1) is 11.3 Å². The van der Waals surface area contributed by atoms with Gasteiger partial charge in [-0.1, -0.05) is 37.3 Å². The Labute approximate surface area is 196 Å². The van der Waals surface area contributed by atoms with Gasteiger partial charge in [0, 0.05) is 16.6 Å². The number of carbonyl (C=O) groups is 1.